The summed E-state index contributed by atoms with van der Waals surface area (Å²) in [6, 6.07) is 5.12. The van der Waals surface area contributed by atoms with Gasteiger partial charge in [-0.25, -0.2) is 9.97 Å². The smallest absolute Gasteiger partial charge is 0.348 e. The Morgan fingerprint density at radius 1 is 1.35 bits per heavy atom. The van der Waals surface area contributed by atoms with E-state index in [2.05, 4.69) is 22.2 Å². The van der Waals surface area contributed by atoms with Crippen LogP contribution in [0.5, 0.6) is 0 Å². The summed E-state index contributed by atoms with van der Waals surface area (Å²) >= 11 is 12.1. The van der Waals surface area contributed by atoms with Gasteiger partial charge >= 0.3 is 5.69 Å². The van der Waals surface area contributed by atoms with Gasteiger partial charge in [0.1, 0.15) is 6.33 Å². The van der Waals surface area contributed by atoms with Crippen LogP contribution in [0.1, 0.15) is 32.6 Å². The maximum atomic E-state index is 11.8. The van der Waals surface area contributed by atoms with Crippen LogP contribution in [0.15, 0.2) is 24.5 Å². The third kappa shape index (κ3) is 3.83. The van der Waals surface area contributed by atoms with Crippen LogP contribution in [-0.2, 0) is 0 Å². The molecule has 138 valence electrons. The van der Waals surface area contributed by atoms with Crippen molar-refractivity contribution < 1.29 is 4.92 Å². The summed E-state index contributed by atoms with van der Waals surface area (Å²) in [5, 5.41) is 15.6. The molecule has 3 rings (SSSR count). The minimum Gasteiger partial charge on any atom is -0.348 e. The number of anilines is 3. The monoisotopic (exact) mass is 395 g/mol. The summed E-state index contributed by atoms with van der Waals surface area (Å²) in [5.74, 6) is 0.466. The Morgan fingerprint density at radius 3 is 2.85 bits per heavy atom. The number of nitro groups is 1. The summed E-state index contributed by atoms with van der Waals surface area (Å²) < 4.78 is 0. The molecule has 0 radical (unpaired) electrons. The van der Waals surface area contributed by atoms with Crippen LogP contribution in [0.2, 0.25) is 10.0 Å². The number of aromatic nitrogens is 2. The largest absolute Gasteiger partial charge is 0.353 e. The van der Waals surface area contributed by atoms with Crippen LogP contribution in [0, 0.1) is 10.1 Å². The first-order valence-electron chi connectivity index (χ1n) is 8.49. The number of hydrogen-bond donors (Lipinski definition) is 1. The minimum atomic E-state index is -0.442. The number of benzene rings is 1. The summed E-state index contributed by atoms with van der Waals surface area (Å²) in [7, 11) is 0. The summed E-state index contributed by atoms with van der Waals surface area (Å²) in [6.45, 7) is 2.83. The number of nitrogens with zero attached hydrogens (tertiary/aromatic N) is 4. The van der Waals surface area contributed by atoms with Gasteiger partial charge in [-0.3, -0.25) is 10.1 Å². The number of halogens is 2. The van der Waals surface area contributed by atoms with E-state index in [0.29, 0.717) is 21.6 Å². The SMILES string of the molecule is CCC1CCCCN1c1ncnc(Nc2ccc(Cl)cc2Cl)c1[N+](=O)[O-]. The molecule has 0 amide bonds. The molecule has 1 N–H and O–H groups in total. The zero-order valence-corrected chi connectivity index (χ0v) is 15.8. The van der Waals surface area contributed by atoms with Gasteiger partial charge in [-0.2, -0.15) is 0 Å². The molecule has 1 aromatic carbocycles. The third-order valence-electron chi connectivity index (χ3n) is 4.54. The van der Waals surface area contributed by atoms with Gasteiger partial charge in [-0.05, 0) is 43.9 Å². The molecule has 0 aliphatic carbocycles. The van der Waals surface area contributed by atoms with Crippen LogP contribution >= 0.6 is 23.2 Å². The lowest BCUT2D eigenvalue weighted by molar-refractivity contribution is -0.383. The number of piperidine rings is 1. The molecule has 1 saturated heterocycles. The van der Waals surface area contributed by atoms with E-state index in [1.807, 2.05) is 4.90 Å². The number of hydrogen-bond acceptors (Lipinski definition) is 6. The predicted octanol–water partition coefficient (Wildman–Crippen LogP) is 5.20. The lowest BCUT2D eigenvalue weighted by Gasteiger charge is -2.35. The normalized spacial score (nSPS) is 17.2. The zero-order chi connectivity index (χ0) is 18.7. The molecule has 2 heterocycles. The molecule has 0 spiro atoms. The van der Waals surface area contributed by atoms with E-state index in [0.717, 1.165) is 32.2 Å². The first-order chi connectivity index (χ1) is 12.5. The number of rotatable bonds is 5. The van der Waals surface area contributed by atoms with Crippen molar-refractivity contribution in [3.8, 4) is 0 Å². The second-order valence-corrected chi connectivity index (χ2v) is 7.00. The first-order valence-corrected chi connectivity index (χ1v) is 9.25. The second-order valence-electron chi connectivity index (χ2n) is 6.15. The van der Waals surface area contributed by atoms with Gasteiger partial charge in [0, 0.05) is 17.6 Å². The van der Waals surface area contributed by atoms with Gasteiger partial charge in [-0.1, -0.05) is 30.1 Å². The predicted molar refractivity (Wildman–Crippen MR) is 104 cm³/mol. The molecule has 1 fully saturated rings. The van der Waals surface area contributed by atoms with Crippen molar-refractivity contribution in [2.75, 3.05) is 16.8 Å². The van der Waals surface area contributed by atoms with E-state index >= 15 is 0 Å². The average molecular weight is 396 g/mol. The van der Waals surface area contributed by atoms with Crippen molar-refractivity contribution in [3.05, 3.63) is 44.7 Å². The fourth-order valence-electron chi connectivity index (χ4n) is 3.26. The van der Waals surface area contributed by atoms with Gasteiger partial charge < -0.3 is 10.2 Å². The Hall–Kier alpha value is -2.12. The highest BCUT2D eigenvalue weighted by atomic mass is 35.5. The van der Waals surface area contributed by atoms with Crippen molar-refractivity contribution in [1.82, 2.24) is 9.97 Å². The van der Waals surface area contributed by atoms with Crippen molar-refractivity contribution in [2.45, 2.75) is 38.6 Å². The van der Waals surface area contributed by atoms with E-state index in [9.17, 15) is 10.1 Å². The molecule has 1 atom stereocenters. The maximum Gasteiger partial charge on any atom is 0.353 e. The van der Waals surface area contributed by atoms with Crippen molar-refractivity contribution in [2.24, 2.45) is 0 Å². The van der Waals surface area contributed by atoms with Crippen molar-refractivity contribution >= 4 is 46.2 Å². The lowest BCUT2D eigenvalue weighted by Crippen LogP contribution is -2.40. The molecule has 2 aromatic rings. The van der Waals surface area contributed by atoms with Crippen molar-refractivity contribution in [1.29, 1.82) is 0 Å². The summed E-state index contributed by atoms with van der Waals surface area (Å²) in [5.41, 5.74) is 0.355. The topological polar surface area (TPSA) is 84.2 Å². The first kappa shape index (κ1) is 18.7. The molecule has 1 aromatic heterocycles. The molecule has 0 saturated carbocycles. The van der Waals surface area contributed by atoms with Crippen LogP contribution in [0.3, 0.4) is 0 Å². The van der Waals surface area contributed by atoms with Crippen LogP contribution in [0.4, 0.5) is 23.0 Å². The van der Waals surface area contributed by atoms with Crippen LogP contribution < -0.4 is 10.2 Å². The second kappa shape index (κ2) is 8.05. The molecule has 1 aliphatic rings. The average Bonchev–Trinajstić information content (AvgIpc) is 2.63. The summed E-state index contributed by atoms with van der Waals surface area (Å²) in [4.78, 5) is 21.7. The molecule has 1 aliphatic heterocycles. The van der Waals surface area contributed by atoms with Crippen LogP contribution in [0.25, 0.3) is 0 Å². The Labute approximate surface area is 161 Å². The minimum absolute atomic E-state index is 0.115. The standard InChI is InChI=1S/C17H19Cl2N5O2/c1-2-12-5-3-4-8-23(12)17-15(24(25)26)16(20-10-21-17)22-14-7-6-11(18)9-13(14)19/h6-7,9-10,12H,2-5,8H2,1H3,(H,20,21,22). The summed E-state index contributed by atoms with van der Waals surface area (Å²) in [6.07, 6.45) is 5.37. The Balaban J connectivity index is 2.02. The number of nitrogens with one attached hydrogen (secondary N) is 1. The third-order valence-corrected chi connectivity index (χ3v) is 5.09. The quantitative estimate of drug-likeness (QED) is 0.552. The fraction of sp³-hybridized carbons (Fsp3) is 0.412. The van der Waals surface area contributed by atoms with Gasteiger partial charge in [0.15, 0.2) is 0 Å². The Morgan fingerprint density at radius 2 is 2.15 bits per heavy atom. The van der Waals surface area contributed by atoms with E-state index < -0.39 is 4.92 Å². The maximum absolute atomic E-state index is 11.8. The van der Waals surface area contributed by atoms with Crippen molar-refractivity contribution in [3.63, 3.8) is 0 Å². The molecule has 26 heavy (non-hydrogen) atoms. The molecular formula is C17H19Cl2N5O2. The fourth-order valence-corrected chi connectivity index (χ4v) is 3.72. The van der Waals surface area contributed by atoms with E-state index in [-0.39, 0.29) is 17.5 Å². The lowest BCUT2D eigenvalue weighted by atomic mass is 10.00. The van der Waals surface area contributed by atoms with E-state index in [1.54, 1.807) is 18.2 Å². The molecule has 7 nitrogen and oxygen atoms in total. The van der Waals surface area contributed by atoms with E-state index in [1.165, 1.54) is 6.33 Å². The zero-order valence-electron chi connectivity index (χ0n) is 14.3. The Bertz CT molecular complexity index is 818. The molecule has 9 heteroatoms. The Kier molecular flexibility index (Phi) is 5.78. The highest BCUT2D eigenvalue weighted by Crippen LogP contribution is 2.38. The van der Waals surface area contributed by atoms with Gasteiger partial charge in [0.05, 0.1) is 15.6 Å². The molecular weight excluding hydrogens is 377 g/mol. The molecule has 1 unspecified atom stereocenters. The highest BCUT2D eigenvalue weighted by Gasteiger charge is 2.32. The molecule has 0 bridgehead atoms. The van der Waals surface area contributed by atoms with Crippen LogP contribution in [-0.4, -0.2) is 27.5 Å². The van der Waals surface area contributed by atoms with Gasteiger partial charge in [-0.15, -0.1) is 0 Å². The van der Waals surface area contributed by atoms with E-state index in [4.69, 9.17) is 23.2 Å². The van der Waals surface area contributed by atoms with Gasteiger partial charge in [0.25, 0.3) is 0 Å². The van der Waals surface area contributed by atoms with Gasteiger partial charge in [0.2, 0.25) is 11.6 Å². The highest BCUT2D eigenvalue weighted by molar-refractivity contribution is 6.36.